The zero-order valence-electron chi connectivity index (χ0n) is 15.7. The Kier molecular flexibility index (Phi) is 4.51. The lowest BCUT2D eigenvalue weighted by Crippen LogP contribution is -2.28. The van der Waals surface area contributed by atoms with Crippen LogP contribution >= 0.6 is 0 Å². The van der Waals surface area contributed by atoms with Crippen LogP contribution in [0.15, 0.2) is 85.2 Å². The molecule has 0 unspecified atom stereocenters. The fourth-order valence-electron chi connectivity index (χ4n) is 4.07. The molecule has 3 aromatic carbocycles. The van der Waals surface area contributed by atoms with E-state index < -0.39 is 0 Å². The van der Waals surface area contributed by atoms with E-state index in [1.54, 1.807) is 6.20 Å². The van der Waals surface area contributed by atoms with Gasteiger partial charge in [0, 0.05) is 30.5 Å². The second kappa shape index (κ2) is 7.45. The second-order valence-corrected chi connectivity index (χ2v) is 7.47. The first kappa shape index (κ1) is 17.0. The van der Waals surface area contributed by atoms with Crippen molar-refractivity contribution in [2.45, 2.75) is 25.4 Å². The van der Waals surface area contributed by atoms with Gasteiger partial charge in [0.25, 0.3) is 0 Å². The van der Waals surface area contributed by atoms with E-state index >= 15 is 0 Å². The minimum absolute atomic E-state index is 0.536. The van der Waals surface area contributed by atoms with Crippen LogP contribution in [0.1, 0.15) is 16.7 Å². The SMILES string of the molecule is c1cc(CNC2Cc3ccccc3C2)cc(-c2ccc(-c3ncc[nH]3)cc2)c1. The average Bonchev–Trinajstić information content (AvgIpc) is 3.42. The van der Waals surface area contributed by atoms with Crippen molar-refractivity contribution < 1.29 is 0 Å². The van der Waals surface area contributed by atoms with E-state index in [-0.39, 0.29) is 0 Å². The maximum absolute atomic E-state index is 4.32. The van der Waals surface area contributed by atoms with Gasteiger partial charge < -0.3 is 10.3 Å². The fraction of sp³-hybridized carbons (Fsp3) is 0.160. The first-order valence-electron chi connectivity index (χ1n) is 9.84. The molecule has 1 heterocycles. The molecular formula is C25H23N3. The normalized spacial score (nSPS) is 13.6. The van der Waals surface area contributed by atoms with Crippen LogP contribution in [0.3, 0.4) is 0 Å². The van der Waals surface area contributed by atoms with Gasteiger partial charge in [0.1, 0.15) is 5.82 Å². The molecule has 0 radical (unpaired) electrons. The van der Waals surface area contributed by atoms with Crippen LogP contribution in [-0.4, -0.2) is 16.0 Å². The lowest BCUT2D eigenvalue weighted by Gasteiger charge is -2.13. The number of benzene rings is 3. The molecule has 3 heteroatoms. The van der Waals surface area contributed by atoms with E-state index in [4.69, 9.17) is 0 Å². The third-order valence-corrected chi connectivity index (χ3v) is 5.56. The summed E-state index contributed by atoms with van der Waals surface area (Å²) in [7, 11) is 0. The maximum Gasteiger partial charge on any atom is 0.137 e. The summed E-state index contributed by atoms with van der Waals surface area (Å²) in [5.41, 5.74) is 7.89. The summed E-state index contributed by atoms with van der Waals surface area (Å²) in [6, 6.07) is 26.7. The Morgan fingerprint density at radius 3 is 2.29 bits per heavy atom. The molecule has 28 heavy (non-hydrogen) atoms. The smallest absolute Gasteiger partial charge is 0.137 e. The van der Waals surface area contributed by atoms with Crippen molar-refractivity contribution in [1.29, 1.82) is 0 Å². The predicted octanol–water partition coefficient (Wildman–Crippen LogP) is 5.00. The van der Waals surface area contributed by atoms with Gasteiger partial charge in [0.2, 0.25) is 0 Å². The van der Waals surface area contributed by atoms with E-state index in [2.05, 4.69) is 88.1 Å². The number of aromatic nitrogens is 2. The summed E-state index contributed by atoms with van der Waals surface area (Å²) in [4.78, 5) is 7.47. The molecule has 2 N–H and O–H groups in total. The summed E-state index contributed by atoms with van der Waals surface area (Å²) in [6.45, 7) is 0.900. The number of fused-ring (bicyclic) bond motifs is 1. The lowest BCUT2D eigenvalue weighted by atomic mass is 10.0. The maximum atomic E-state index is 4.32. The van der Waals surface area contributed by atoms with Crippen LogP contribution in [-0.2, 0) is 19.4 Å². The van der Waals surface area contributed by atoms with Gasteiger partial charge in [-0.25, -0.2) is 4.98 Å². The molecule has 0 amide bonds. The van der Waals surface area contributed by atoms with Crippen molar-refractivity contribution in [3.8, 4) is 22.5 Å². The third-order valence-electron chi connectivity index (χ3n) is 5.56. The molecule has 0 aliphatic heterocycles. The van der Waals surface area contributed by atoms with Gasteiger partial charge in [0.15, 0.2) is 0 Å². The summed E-state index contributed by atoms with van der Waals surface area (Å²) in [5, 5.41) is 3.74. The van der Waals surface area contributed by atoms with Gasteiger partial charge in [-0.15, -0.1) is 0 Å². The highest BCUT2D eigenvalue weighted by Gasteiger charge is 2.20. The number of aromatic amines is 1. The van der Waals surface area contributed by atoms with Crippen molar-refractivity contribution in [3.63, 3.8) is 0 Å². The van der Waals surface area contributed by atoms with Crippen molar-refractivity contribution in [2.75, 3.05) is 0 Å². The van der Waals surface area contributed by atoms with Crippen LogP contribution in [0.4, 0.5) is 0 Å². The Morgan fingerprint density at radius 1 is 0.821 bits per heavy atom. The van der Waals surface area contributed by atoms with Crippen molar-refractivity contribution in [3.05, 3.63) is 102 Å². The van der Waals surface area contributed by atoms with E-state index in [0.29, 0.717) is 6.04 Å². The minimum atomic E-state index is 0.536. The molecule has 0 atom stereocenters. The molecule has 0 saturated heterocycles. The zero-order valence-corrected chi connectivity index (χ0v) is 15.7. The van der Waals surface area contributed by atoms with E-state index in [1.807, 2.05) is 6.20 Å². The molecule has 5 rings (SSSR count). The van der Waals surface area contributed by atoms with Gasteiger partial charge in [0.05, 0.1) is 0 Å². The monoisotopic (exact) mass is 365 g/mol. The predicted molar refractivity (Wildman–Crippen MR) is 114 cm³/mol. The summed E-state index contributed by atoms with van der Waals surface area (Å²) in [6.07, 6.45) is 5.89. The molecule has 138 valence electrons. The number of nitrogens with zero attached hydrogens (tertiary/aromatic N) is 1. The number of H-pyrrole nitrogens is 1. The number of imidazole rings is 1. The van der Waals surface area contributed by atoms with Crippen LogP contribution in [0.5, 0.6) is 0 Å². The Labute approximate surface area is 165 Å². The molecule has 0 saturated carbocycles. The lowest BCUT2D eigenvalue weighted by molar-refractivity contribution is 0.533. The van der Waals surface area contributed by atoms with Crippen LogP contribution in [0, 0.1) is 0 Å². The van der Waals surface area contributed by atoms with E-state index in [0.717, 1.165) is 30.8 Å². The number of hydrogen-bond donors (Lipinski definition) is 2. The second-order valence-electron chi connectivity index (χ2n) is 7.47. The van der Waals surface area contributed by atoms with Crippen molar-refractivity contribution in [1.82, 2.24) is 15.3 Å². The number of nitrogens with one attached hydrogen (secondary N) is 2. The Bertz CT molecular complexity index is 1040. The molecule has 0 spiro atoms. The Balaban J connectivity index is 1.26. The molecule has 1 aromatic heterocycles. The van der Waals surface area contributed by atoms with Crippen molar-refractivity contribution in [2.24, 2.45) is 0 Å². The summed E-state index contributed by atoms with van der Waals surface area (Å²) in [5.74, 6) is 0.905. The Hall–Kier alpha value is -3.17. The third kappa shape index (κ3) is 3.49. The van der Waals surface area contributed by atoms with Crippen LogP contribution in [0.25, 0.3) is 22.5 Å². The average molecular weight is 365 g/mol. The highest BCUT2D eigenvalue weighted by atomic mass is 14.9. The van der Waals surface area contributed by atoms with E-state index in [9.17, 15) is 0 Å². The summed E-state index contributed by atoms with van der Waals surface area (Å²) >= 11 is 0. The van der Waals surface area contributed by atoms with Gasteiger partial charge in [-0.2, -0.15) is 0 Å². The molecule has 0 bridgehead atoms. The summed E-state index contributed by atoms with van der Waals surface area (Å²) < 4.78 is 0. The Morgan fingerprint density at radius 2 is 1.57 bits per heavy atom. The highest BCUT2D eigenvalue weighted by molar-refractivity contribution is 5.68. The first-order chi connectivity index (χ1) is 13.8. The molecule has 4 aromatic rings. The van der Waals surface area contributed by atoms with Gasteiger partial charge >= 0.3 is 0 Å². The molecule has 1 aliphatic carbocycles. The number of rotatable bonds is 5. The van der Waals surface area contributed by atoms with Crippen molar-refractivity contribution >= 4 is 0 Å². The first-order valence-corrected chi connectivity index (χ1v) is 9.84. The standard InChI is InChI=1S/C25H23N3/c1-2-6-23-16-24(15-22(23)5-1)28-17-18-4-3-7-21(14-18)19-8-10-20(11-9-19)25-26-12-13-27-25/h1-14,24,28H,15-17H2,(H,26,27). The molecular weight excluding hydrogens is 342 g/mol. The zero-order chi connectivity index (χ0) is 18.8. The minimum Gasteiger partial charge on any atom is -0.345 e. The fourth-order valence-corrected chi connectivity index (χ4v) is 4.07. The van der Waals surface area contributed by atoms with Gasteiger partial charge in [-0.3, -0.25) is 0 Å². The highest BCUT2D eigenvalue weighted by Crippen LogP contribution is 2.25. The van der Waals surface area contributed by atoms with Gasteiger partial charge in [-0.05, 0) is 46.7 Å². The molecule has 0 fully saturated rings. The number of hydrogen-bond acceptors (Lipinski definition) is 2. The van der Waals surface area contributed by atoms with Crippen LogP contribution < -0.4 is 5.32 Å². The topological polar surface area (TPSA) is 40.7 Å². The quantitative estimate of drug-likeness (QED) is 0.522. The largest absolute Gasteiger partial charge is 0.345 e. The molecule has 3 nitrogen and oxygen atoms in total. The van der Waals surface area contributed by atoms with Gasteiger partial charge in [-0.1, -0.05) is 66.7 Å². The van der Waals surface area contributed by atoms with E-state index in [1.165, 1.54) is 27.8 Å². The van der Waals surface area contributed by atoms with Crippen LogP contribution in [0.2, 0.25) is 0 Å². The molecule has 1 aliphatic rings.